The van der Waals surface area contributed by atoms with Gasteiger partial charge in [0.05, 0.1) is 19.1 Å². The lowest BCUT2D eigenvalue weighted by molar-refractivity contribution is -0.123. The lowest BCUT2D eigenvalue weighted by Gasteiger charge is -2.15. The third-order valence-corrected chi connectivity index (χ3v) is 7.41. The largest absolute Gasteiger partial charge is 0.497 e. The molecule has 1 aliphatic rings. The van der Waals surface area contributed by atoms with E-state index >= 15 is 0 Å². The van der Waals surface area contributed by atoms with Crippen molar-refractivity contribution in [3.05, 3.63) is 107 Å². The Bertz CT molecular complexity index is 1600. The zero-order chi connectivity index (χ0) is 27.4. The van der Waals surface area contributed by atoms with Crippen LogP contribution in [-0.4, -0.2) is 35.4 Å². The number of fused-ring (bicyclic) bond motifs is 1. The van der Waals surface area contributed by atoms with Crippen molar-refractivity contribution in [2.45, 2.75) is 6.61 Å². The fraction of sp³-hybridized carbons (Fsp3) is 0.100. The summed E-state index contributed by atoms with van der Waals surface area (Å²) in [4.78, 5) is 26.1. The topological polar surface area (TPSA) is 77.1 Å². The highest BCUT2D eigenvalue weighted by molar-refractivity contribution is 8.26. The van der Waals surface area contributed by atoms with Crippen molar-refractivity contribution in [3.63, 3.8) is 0 Å². The average Bonchev–Trinajstić information content (AvgIpc) is 3.23. The molecule has 0 unspecified atom stereocenters. The van der Waals surface area contributed by atoms with Gasteiger partial charge in [-0.15, -0.1) is 0 Å². The number of carbonyl (C=O) groups is 2. The minimum atomic E-state index is -0.454. The van der Waals surface area contributed by atoms with E-state index in [4.69, 9.17) is 26.4 Å². The molecule has 1 saturated heterocycles. The number of hydrazine groups is 1. The molecule has 0 bridgehead atoms. The van der Waals surface area contributed by atoms with Crippen LogP contribution in [0.2, 0.25) is 0 Å². The van der Waals surface area contributed by atoms with Gasteiger partial charge in [-0.1, -0.05) is 60.3 Å². The van der Waals surface area contributed by atoms with Crippen LogP contribution in [0.4, 0.5) is 0 Å². The minimum absolute atomic E-state index is 0.232. The molecule has 7 nitrogen and oxygen atoms in total. The first-order valence-corrected chi connectivity index (χ1v) is 13.2. The highest BCUT2D eigenvalue weighted by Crippen LogP contribution is 2.34. The van der Waals surface area contributed by atoms with E-state index in [2.05, 4.69) is 23.6 Å². The van der Waals surface area contributed by atoms with Gasteiger partial charge in [0.2, 0.25) is 0 Å². The van der Waals surface area contributed by atoms with Gasteiger partial charge < -0.3 is 14.2 Å². The molecule has 1 N–H and O–H groups in total. The molecule has 0 saturated carbocycles. The molecule has 4 aromatic carbocycles. The summed E-state index contributed by atoms with van der Waals surface area (Å²) in [7, 11) is 3.11. The number of nitrogens with zero attached hydrogens (tertiary/aromatic N) is 1. The Labute approximate surface area is 235 Å². The van der Waals surface area contributed by atoms with E-state index in [1.807, 2.05) is 36.4 Å². The maximum absolute atomic E-state index is 13.0. The Kier molecular flexibility index (Phi) is 7.81. The summed E-state index contributed by atoms with van der Waals surface area (Å²) in [6.45, 7) is 0.379. The number of hydrogen-bond acceptors (Lipinski definition) is 7. The molecular weight excluding hydrogens is 532 g/mol. The number of thioether (sulfide) groups is 1. The van der Waals surface area contributed by atoms with E-state index in [1.54, 1.807) is 50.6 Å². The number of nitrogens with one attached hydrogen (secondary N) is 1. The van der Waals surface area contributed by atoms with Crippen LogP contribution >= 0.6 is 24.0 Å². The molecule has 0 aliphatic carbocycles. The normalized spacial score (nSPS) is 14.1. The molecule has 0 spiro atoms. The number of rotatable bonds is 8. The van der Waals surface area contributed by atoms with Crippen molar-refractivity contribution in [3.8, 4) is 17.2 Å². The molecule has 2 amide bonds. The van der Waals surface area contributed by atoms with Crippen molar-refractivity contribution >= 4 is 57.0 Å². The molecule has 1 aliphatic heterocycles. The van der Waals surface area contributed by atoms with Crippen LogP contribution in [0.15, 0.2) is 89.8 Å². The summed E-state index contributed by atoms with van der Waals surface area (Å²) in [5.74, 6) is 0.876. The standard InChI is InChI=1S/C30H24N2O5S2/c1-35-23-13-11-21(12-14-23)28(33)31-32-29(34)27(39-30(32)38)17-19-10-15-25(26(16-19)36-2)37-18-22-8-5-7-20-6-3-4-9-24(20)22/h3-17H,18H2,1-2H3,(H,31,33)/b27-17+. The maximum Gasteiger partial charge on any atom is 0.285 e. The quantitative estimate of drug-likeness (QED) is 0.211. The molecule has 9 heteroatoms. The van der Waals surface area contributed by atoms with Gasteiger partial charge in [-0.3, -0.25) is 15.0 Å². The van der Waals surface area contributed by atoms with Crippen molar-refractivity contribution in [1.29, 1.82) is 0 Å². The number of carbonyl (C=O) groups excluding carboxylic acids is 2. The molecule has 1 fully saturated rings. The molecule has 0 radical (unpaired) electrons. The summed E-state index contributed by atoms with van der Waals surface area (Å²) in [5.41, 5.74) is 4.75. The summed E-state index contributed by atoms with van der Waals surface area (Å²) in [6, 6.07) is 26.3. The molecular formula is C30H24N2O5S2. The molecule has 0 atom stereocenters. The van der Waals surface area contributed by atoms with Crippen LogP contribution in [0.1, 0.15) is 21.5 Å². The highest BCUT2D eigenvalue weighted by atomic mass is 32.2. The molecule has 39 heavy (non-hydrogen) atoms. The maximum atomic E-state index is 13.0. The zero-order valence-electron chi connectivity index (χ0n) is 21.2. The summed E-state index contributed by atoms with van der Waals surface area (Å²) < 4.78 is 17.0. The molecule has 1 heterocycles. The number of amides is 2. The second-order valence-electron chi connectivity index (χ2n) is 8.52. The number of thiocarbonyl (C=S) groups is 1. The summed E-state index contributed by atoms with van der Waals surface area (Å²) >= 11 is 6.46. The first-order chi connectivity index (χ1) is 19.0. The monoisotopic (exact) mass is 556 g/mol. The predicted octanol–water partition coefficient (Wildman–Crippen LogP) is 5.98. The van der Waals surface area contributed by atoms with Crippen molar-refractivity contribution in [1.82, 2.24) is 10.4 Å². The Morgan fingerprint density at radius 2 is 1.72 bits per heavy atom. The predicted molar refractivity (Wildman–Crippen MR) is 157 cm³/mol. The fourth-order valence-corrected chi connectivity index (χ4v) is 5.27. The van der Waals surface area contributed by atoms with E-state index in [-0.39, 0.29) is 4.32 Å². The Morgan fingerprint density at radius 1 is 0.949 bits per heavy atom. The minimum Gasteiger partial charge on any atom is -0.497 e. The molecule has 196 valence electrons. The van der Waals surface area contributed by atoms with Crippen LogP contribution in [0, 0.1) is 0 Å². The first-order valence-electron chi connectivity index (χ1n) is 12.0. The van der Waals surface area contributed by atoms with Gasteiger partial charge in [0.1, 0.15) is 12.4 Å². The van der Waals surface area contributed by atoms with Gasteiger partial charge in [-0.25, -0.2) is 0 Å². The Balaban J connectivity index is 1.29. The SMILES string of the molecule is COc1ccc(C(=O)NN2C(=O)/C(=C\c3ccc(OCc4cccc5ccccc45)c(OC)c3)SC2=S)cc1. The summed E-state index contributed by atoms with van der Waals surface area (Å²) in [6.07, 6.45) is 1.70. The third kappa shape index (κ3) is 5.74. The van der Waals surface area contributed by atoms with E-state index in [9.17, 15) is 9.59 Å². The number of methoxy groups -OCH3 is 2. The van der Waals surface area contributed by atoms with Gasteiger partial charge >= 0.3 is 0 Å². The second-order valence-corrected chi connectivity index (χ2v) is 10.2. The molecule has 4 aromatic rings. The van der Waals surface area contributed by atoms with E-state index < -0.39 is 11.8 Å². The van der Waals surface area contributed by atoms with Gasteiger partial charge in [-0.2, -0.15) is 5.01 Å². The van der Waals surface area contributed by atoms with Crippen LogP contribution < -0.4 is 19.6 Å². The van der Waals surface area contributed by atoms with Gasteiger partial charge in [0, 0.05) is 5.56 Å². The lowest BCUT2D eigenvalue weighted by atomic mass is 10.1. The van der Waals surface area contributed by atoms with Gasteiger partial charge in [-0.05, 0) is 76.6 Å². The van der Waals surface area contributed by atoms with Crippen molar-refractivity contribution < 1.29 is 23.8 Å². The first kappa shape index (κ1) is 26.3. The van der Waals surface area contributed by atoms with Gasteiger partial charge in [0.15, 0.2) is 15.8 Å². The van der Waals surface area contributed by atoms with E-state index in [0.717, 1.165) is 38.7 Å². The average molecular weight is 557 g/mol. The Hall–Kier alpha value is -4.34. The van der Waals surface area contributed by atoms with Crippen LogP contribution in [0.5, 0.6) is 17.2 Å². The smallest absolute Gasteiger partial charge is 0.285 e. The van der Waals surface area contributed by atoms with Crippen LogP contribution in [0.25, 0.3) is 16.8 Å². The summed E-state index contributed by atoms with van der Waals surface area (Å²) in [5, 5.41) is 3.37. The molecule has 5 rings (SSSR count). The van der Waals surface area contributed by atoms with Crippen LogP contribution in [-0.2, 0) is 11.4 Å². The van der Waals surface area contributed by atoms with Gasteiger partial charge in [0.25, 0.3) is 11.8 Å². The lowest BCUT2D eigenvalue weighted by Crippen LogP contribution is -2.44. The zero-order valence-corrected chi connectivity index (χ0v) is 22.8. The fourth-order valence-electron chi connectivity index (χ4n) is 4.09. The number of hydrogen-bond donors (Lipinski definition) is 1. The second kappa shape index (κ2) is 11.6. The Morgan fingerprint density at radius 3 is 2.49 bits per heavy atom. The third-order valence-electron chi connectivity index (χ3n) is 6.11. The van der Waals surface area contributed by atoms with Crippen molar-refractivity contribution in [2.75, 3.05) is 14.2 Å². The van der Waals surface area contributed by atoms with Crippen LogP contribution in [0.3, 0.4) is 0 Å². The van der Waals surface area contributed by atoms with Crippen molar-refractivity contribution in [2.24, 2.45) is 0 Å². The number of ether oxygens (including phenoxy) is 3. The van der Waals surface area contributed by atoms with E-state index in [1.165, 1.54) is 0 Å². The highest BCUT2D eigenvalue weighted by Gasteiger charge is 2.33. The van der Waals surface area contributed by atoms with E-state index in [0.29, 0.717) is 34.3 Å². The molecule has 0 aromatic heterocycles. The number of benzene rings is 4.